The van der Waals surface area contributed by atoms with Crippen LogP contribution in [0.15, 0.2) is 54.6 Å². The molecule has 0 saturated carbocycles. The number of ether oxygens (including phenoxy) is 1. The third-order valence-electron chi connectivity index (χ3n) is 2.72. The van der Waals surface area contributed by atoms with E-state index in [2.05, 4.69) is 0 Å². The summed E-state index contributed by atoms with van der Waals surface area (Å²) in [6.07, 6.45) is 0.872. The number of para-hydroxylation sites is 1. The monoisotopic (exact) mass is 440 g/mol. The fourth-order valence-electron chi connectivity index (χ4n) is 1.72. The Morgan fingerprint density at radius 1 is 0.950 bits per heavy atom. The molecule has 0 saturated heterocycles. The van der Waals surface area contributed by atoms with Gasteiger partial charge < -0.3 is 9.84 Å². The van der Waals surface area contributed by atoms with Crippen LogP contribution in [-0.2, 0) is 21.1 Å². The first kappa shape index (κ1) is 16.6. The second-order valence-corrected chi connectivity index (χ2v) is 4.19. The molecule has 3 nitrogen and oxygen atoms in total. The molecule has 0 bridgehead atoms. The maximum atomic E-state index is 11.7. The Morgan fingerprint density at radius 3 is 2.15 bits per heavy atom. The van der Waals surface area contributed by atoms with E-state index in [0.29, 0.717) is 24.2 Å². The summed E-state index contributed by atoms with van der Waals surface area (Å²) in [4.78, 5) is 11.7. The van der Waals surface area contributed by atoms with Crippen molar-refractivity contribution in [3.63, 3.8) is 0 Å². The molecule has 0 heterocycles. The van der Waals surface area contributed by atoms with Gasteiger partial charge in [0.1, 0.15) is 11.5 Å². The van der Waals surface area contributed by atoms with Gasteiger partial charge >= 0.3 is 0 Å². The Kier molecular flexibility index (Phi) is 7.20. The van der Waals surface area contributed by atoms with Crippen LogP contribution in [0.1, 0.15) is 23.2 Å². The van der Waals surface area contributed by atoms with Crippen molar-refractivity contribution in [2.24, 2.45) is 0 Å². The van der Waals surface area contributed by atoms with Gasteiger partial charge in [-0.05, 0) is 42.8 Å². The second kappa shape index (κ2) is 8.67. The summed E-state index contributed by atoms with van der Waals surface area (Å²) in [5.74, 6) is 1.51. The van der Waals surface area contributed by atoms with Crippen molar-refractivity contribution in [3.05, 3.63) is 60.2 Å². The van der Waals surface area contributed by atoms with Gasteiger partial charge in [0.05, 0.1) is 0 Å². The van der Waals surface area contributed by atoms with Crippen molar-refractivity contribution in [1.82, 2.24) is 0 Å². The second-order valence-electron chi connectivity index (χ2n) is 4.19. The quantitative estimate of drug-likeness (QED) is 0.701. The normalized spacial score (nSPS) is 9.65. The summed E-state index contributed by atoms with van der Waals surface area (Å²) >= 11 is 0. The molecule has 0 radical (unpaired) electrons. The minimum Gasteiger partial charge on any atom is -0.457 e. The molecule has 2 aromatic carbocycles. The predicted octanol–water partition coefficient (Wildman–Crippen LogP) is 3.43. The number of rotatable bonds is 6. The summed E-state index contributed by atoms with van der Waals surface area (Å²) in [5, 5.41) is 8.70. The Morgan fingerprint density at radius 2 is 1.55 bits per heavy atom. The Bertz CT molecular complexity index is 523. The van der Waals surface area contributed by atoms with Crippen molar-refractivity contribution >= 4 is 5.78 Å². The molecule has 0 aliphatic rings. The van der Waals surface area contributed by atoms with Crippen LogP contribution in [0.4, 0.5) is 0 Å². The van der Waals surface area contributed by atoms with Gasteiger partial charge in [-0.2, -0.15) is 0 Å². The van der Waals surface area contributed by atoms with E-state index >= 15 is 0 Å². The number of ketones is 1. The van der Waals surface area contributed by atoms with E-state index in [9.17, 15) is 4.79 Å². The summed E-state index contributed by atoms with van der Waals surface area (Å²) < 4.78 is 5.64. The fourth-order valence-corrected chi connectivity index (χ4v) is 1.72. The number of carbonyl (C=O) groups excluding carboxylic acids is 1. The maximum absolute atomic E-state index is 11.7. The van der Waals surface area contributed by atoms with Crippen molar-refractivity contribution < 1.29 is 35.7 Å². The smallest absolute Gasteiger partial charge is 0.162 e. The molecule has 20 heavy (non-hydrogen) atoms. The molecular formula is C16H16O3W. The van der Waals surface area contributed by atoms with Crippen LogP contribution < -0.4 is 4.74 Å². The van der Waals surface area contributed by atoms with Crippen LogP contribution >= 0.6 is 0 Å². The number of aliphatic hydroxyl groups excluding tert-OH is 1. The van der Waals surface area contributed by atoms with Gasteiger partial charge in [-0.3, -0.25) is 4.79 Å². The molecule has 0 aliphatic heterocycles. The molecule has 0 unspecified atom stereocenters. The molecular weight excluding hydrogens is 424 g/mol. The molecule has 0 atom stereocenters. The molecule has 1 N–H and O–H groups in total. The largest absolute Gasteiger partial charge is 0.457 e. The first-order chi connectivity index (χ1) is 9.29. The van der Waals surface area contributed by atoms with Crippen molar-refractivity contribution in [2.45, 2.75) is 12.8 Å². The van der Waals surface area contributed by atoms with Gasteiger partial charge in [0.15, 0.2) is 5.78 Å². The van der Waals surface area contributed by atoms with Crippen LogP contribution in [0.2, 0.25) is 0 Å². The topological polar surface area (TPSA) is 46.5 Å². The zero-order valence-electron chi connectivity index (χ0n) is 11.0. The first-order valence-electron chi connectivity index (χ1n) is 6.26. The average molecular weight is 440 g/mol. The Labute approximate surface area is 132 Å². The molecule has 0 fully saturated rings. The van der Waals surface area contributed by atoms with Gasteiger partial charge in [-0.1, -0.05) is 18.2 Å². The SMILES string of the molecule is O=C(CCCO)c1ccc(Oc2ccccc2)cc1.[W]. The van der Waals surface area contributed by atoms with E-state index in [1.165, 1.54) is 0 Å². The van der Waals surface area contributed by atoms with E-state index in [1.807, 2.05) is 30.3 Å². The van der Waals surface area contributed by atoms with Crippen LogP contribution in [0.25, 0.3) is 0 Å². The minimum atomic E-state index is 0. The van der Waals surface area contributed by atoms with E-state index in [0.717, 1.165) is 5.75 Å². The van der Waals surface area contributed by atoms with Crippen molar-refractivity contribution in [2.75, 3.05) is 6.61 Å². The van der Waals surface area contributed by atoms with Crippen LogP contribution in [0.3, 0.4) is 0 Å². The van der Waals surface area contributed by atoms with E-state index < -0.39 is 0 Å². The average Bonchev–Trinajstić information content (AvgIpc) is 2.46. The van der Waals surface area contributed by atoms with Crippen molar-refractivity contribution in [3.8, 4) is 11.5 Å². The Balaban J connectivity index is 0.00000200. The predicted molar refractivity (Wildman–Crippen MR) is 73.6 cm³/mol. The summed E-state index contributed by atoms with van der Waals surface area (Å²) in [5.41, 5.74) is 0.647. The zero-order chi connectivity index (χ0) is 13.5. The molecule has 0 spiro atoms. The van der Waals surface area contributed by atoms with Gasteiger partial charge in [0, 0.05) is 39.7 Å². The van der Waals surface area contributed by atoms with E-state index in [-0.39, 0.29) is 33.5 Å². The Hall–Kier alpha value is -1.44. The first-order valence-corrected chi connectivity index (χ1v) is 6.26. The van der Waals surface area contributed by atoms with Crippen LogP contribution in [-0.4, -0.2) is 17.5 Å². The van der Waals surface area contributed by atoms with E-state index in [4.69, 9.17) is 9.84 Å². The summed E-state index contributed by atoms with van der Waals surface area (Å²) in [6.45, 7) is 0.0426. The maximum Gasteiger partial charge on any atom is 0.162 e. The molecule has 0 amide bonds. The number of carbonyl (C=O) groups is 1. The summed E-state index contributed by atoms with van der Waals surface area (Å²) in [7, 11) is 0. The molecule has 2 rings (SSSR count). The zero-order valence-corrected chi connectivity index (χ0v) is 13.9. The van der Waals surface area contributed by atoms with Crippen LogP contribution in [0, 0.1) is 0 Å². The van der Waals surface area contributed by atoms with E-state index in [1.54, 1.807) is 24.3 Å². The molecule has 0 aliphatic carbocycles. The van der Waals surface area contributed by atoms with Gasteiger partial charge in [-0.15, -0.1) is 0 Å². The molecule has 0 aromatic heterocycles. The van der Waals surface area contributed by atoms with Crippen LogP contribution in [0.5, 0.6) is 11.5 Å². The third-order valence-corrected chi connectivity index (χ3v) is 2.72. The molecule has 2 aromatic rings. The summed E-state index contributed by atoms with van der Waals surface area (Å²) in [6, 6.07) is 16.5. The minimum absolute atomic E-state index is 0. The number of benzene rings is 2. The van der Waals surface area contributed by atoms with Gasteiger partial charge in [-0.25, -0.2) is 0 Å². The number of aliphatic hydroxyl groups is 1. The number of hydrogen-bond donors (Lipinski definition) is 1. The standard InChI is InChI=1S/C16H16O3.W/c17-12-4-7-16(18)13-8-10-15(11-9-13)19-14-5-2-1-3-6-14;/h1-3,5-6,8-11,17H,4,7,12H2;. The molecule has 104 valence electrons. The van der Waals surface area contributed by atoms with Gasteiger partial charge in [0.25, 0.3) is 0 Å². The third kappa shape index (κ3) is 4.91. The molecule has 4 heteroatoms. The fraction of sp³-hybridized carbons (Fsp3) is 0.188. The van der Waals surface area contributed by atoms with Crippen molar-refractivity contribution in [1.29, 1.82) is 0 Å². The number of Topliss-reactive ketones (excluding diaryl/α,β-unsaturated/α-hetero) is 1. The van der Waals surface area contributed by atoms with Gasteiger partial charge in [0.2, 0.25) is 0 Å². The number of hydrogen-bond acceptors (Lipinski definition) is 3.